The number of halogens is 1. The first-order valence-electron chi connectivity index (χ1n) is 10.6. The number of ether oxygens (including phenoxy) is 3. The standard InChI is InChI=1S/C20H27ClN8O5S/c1-11(2)34-9-15-26-27-20(29(15)16-18(32-5)24-10-25-19(16)33-6)28-35(30,31)13(4)12(3)17-22-7-14(21)8-23-17/h7-8,10-13H,9H2,1-6H3,(H,27,28)/t12-,13-/m0/s1. The van der Waals surface area contributed by atoms with Crippen LogP contribution in [-0.2, 0) is 21.4 Å². The molecule has 0 fully saturated rings. The van der Waals surface area contributed by atoms with Crippen molar-refractivity contribution in [3.8, 4) is 17.4 Å². The molecule has 0 unspecified atom stereocenters. The van der Waals surface area contributed by atoms with E-state index in [4.69, 9.17) is 25.8 Å². The predicted molar refractivity (Wildman–Crippen MR) is 127 cm³/mol. The van der Waals surface area contributed by atoms with Crippen LogP contribution in [0.2, 0.25) is 5.02 Å². The van der Waals surface area contributed by atoms with Gasteiger partial charge in [-0.3, -0.25) is 9.29 Å². The summed E-state index contributed by atoms with van der Waals surface area (Å²) in [4.78, 5) is 16.5. The van der Waals surface area contributed by atoms with Gasteiger partial charge in [-0.15, -0.1) is 10.2 Å². The van der Waals surface area contributed by atoms with Gasteiger partial charge in [0.1, 0.15) is 18.8 Å². The van der Waals surface area contributed by atoms with Gasteiger partial charge < -0.3 is 14.2 Å². The lowest BCUT2D eigenvalue weighted by atomic mass is 10.1. The van der Waals surface area contributed by atoms with Crippen LogP contribution >= 0.6 is 11.6 Å². The van der Waals surface area contributed by atoms with Crippen LogP contribution < -0.4 is 14.2 Å². The first kappa shape index (κ1) is 26.5. The van der Waals surface area contributed by atoms with Crippen molar-refractivity contribution in [3.63, 3.8) is 0 Å². The van der Waals surface area contributed by atoms with E-state index >= 15 is 0 Å². The molecule has 1 N–H and O–H groups in total. The van der Waals surface area contributed by atoms with Crippen LogP contribution in [0.3, 0.4) is 0 Å². The number of rotatable bonds is 11. The summed E-state index contributed by atoms with van der Waals surface area (Å²) in [5, 5.41) is 7.60. The highest BCUT2D eigenvalue weighted by Crippen LogP contribution is 2.33. The smallest absolute Gasteiger partial charge is 0.245 e. The van der Waals surface area contributed by atoms with Gasteiger partial charge in [0.05, 0.1) is 30.6 Å². The maximum atomic E-state index is 13.4. The molecule has 0 saturated heterocycles. The summed E-state index contributed by atoms with van der Waals surface area (Å²) in [6.45, 7) is 6.99. The summed E-state index contributed by atoms with van der Waals surface area (Å²) < 4.78 is 47.1. The average molecular weight is 527 g/mol. The number of aromatic nitrogens is 7. The summed E-state index contributed by atoms with van der Waals surface area (Å²) in [6.07, 6.45) is 3.98. The SMILES string of the molecule is COc1ncnc(OC)c1-n1c(COC(C)C)nnc1NS(=O)(=O)[C@@H](C)[C@H](C)c1ncc(Cl)cn1. The second kappa shape index (κ2) is 11.1. The number of anilines is 1. The summed E-state index contributed by atoms with van der Waals surface area (Å²) >= 11 is 5.85. The molecule has 0 amide bonds. The summed E-state index contributed by atoms with van der Waals surface area (Å²) in [6, 6.07) is 0. The Hall–Kier alpha value is -3.10. The van der Waals surface area contributed by atoms with Crippen LogP contribution in [0.1, 0.15) is 45.3 Å². The monoisotopic (exact) mass is 526 g/mol. The molecule has 15 heteroatoms. The van der Waals surface area contributed by atoms with Gasteiger partial charge in [-0.1, -0.05) is 18.5 Å². The second-order valence-corrected chi connectivity index (χ2v) is 10.3. The fraction of sp³-hybridized carbons (Fsp3) is 0.500. The van der Waals surface area contributed by atoms with E-state index in [9.17, 15) is 8.42 Å². The van der Waals surface area contributed by atoms with E-state index in [1.807, 2.05) is 13.8 Å². The van der Waals surface area contributed by atoms with Gasteiger partial charge in [-0.25, -0.2) is 18.4 Å². The molecule has 0 radical (unpaired) electrons. The third-order valence-corrected chi connectivity index (χ3v) is 7.17. The highest BCUT2D eigenvalue weighted by atomic mass is 35.5. The minimum atomic E-state index is -4.01. The molecule has 0 bridgehead atoms. The van der Waals surface area contributed by atoms with E-state index < -0.39 is 21.2 Å². The van der Waals surface area contributed by atoms with E-state index in [0.29, 0.717) is 10.8 Å². The van der Waals surface area contributed by atoms with Crippen molar-refractivity contribution in [1.82, 2.24) is 34.7 Å². The van der Waals surface area contributed by atoms with Gasteiger partial charge in [0.15, 0.2) is 11.5 Å². The molecule has 3 aromatic rings. The Morgan fingerprint density at radius 3 is 2.14 bits per heavy atom. The minimum Gasteiger partial charge on any atom is -0.479 e. The highest BCUT2D eigenvalue weighted by Gasteiger charge is 2.32. The Balaban J connectivity index is 2.04. The van der Waals surface area contributed by atoms with Gasteiger partial charge >= 0.3 is 0 Å². The second-order valence-electron chi connectivity index (χ2n) is 7.78. The molecule has 0 aliphatic heterocycles. The Morgan fingerprint density at radius 1 is 1.00 bits per heavy atom. The Kier molecular flexibility index (Phi) is 8.40. The maximum absolute atomic E-state index is 13.4. The molecule has 0 saturated carbocycles. The van der Waals surface area contributed by atoms with Crippen LogP contribution in [0.25, 0.3) is 5.69 Å². The Morgan fingerprint density at radius 2 is 1.60 bits per heavy atom. The first-order valence-corrected chi connectivity index (χ1v) is 12.5. The topological polar surface area (TPSA) is 156 Å². The largest absolute Gasteiger partial charge is 0.479 e. The van der Waals surface area contributed by atoms with E-state index in [-0.39, 0.29) is 41.9 Å². The van der Waals surface area contributed by atoms with E-state index in [1.54, 1.807) is 13.8 Å². The number of hydrogen-bond acceptors (Lipinski definition) is 11. The molecule has 0 aliphatic carbocycles. The van der Waals surface area contributed by atoms with Crippen LogP contribution in [-0.4, -0.2) is 68.7 Å². The van der Waals surface area contributed by atoms with Crippen LogP contribution in [0.15, 0.2) is 18.7 Å². The zero-order chi connectivity index (χ0) is 25.8. The maximum Gasteiger partial charge on any atom is 0.245 e. The third kappa shape index (κ3) is 5.94. The fourth-order valence-electron chi connectivity index (χ4n) is 3.05. The summed E-state index contributed by atoms with van der Waals surface area (Å²) in [5.74, 6) is 0.186. The fourth-order valence-corrected chi connectivity index (χ4v) is 4.38. The van der Waals surface area contributed by atoms with E-state index in [2.05, 4.69) is 34.9 Å². The Bertz CT molecular complexity index is 1230. The third-order valence-electron chi connectivity index (χ3n) is 5.12. The number of hydrogen-bond donors (Lipinski definition) is 1. The number of nitrogens with one attached hydrogen (secondary N) is 1. The molecule has 3 rings (SSSR count). The zero-order valence-corrected chi connectivity index (χ0v) is 21.7. The molecular formula is C20H27ClN8O5S. The van der Waals surface area contributed by atoms with E-state index in [0.717, 1.165) is 0 Å². The molecule has 13 nitrogen and oxygen atoms in total. The van der Waals surface area contributed by atoms with Crippen molar-refractivity contribution in [3.05, 3.63) is 35.4 Å². The number of nitrogens with zero attached hydrogens (tertiary/aromatic N) is 7. The molecule has 3 heterocycles. The molecule has 190 valence electrons. The van der Waals surface area contributed by atoms with Gasteiger partial charge in [-0.05, 0) is 20.8 Å². The quantitative estimate of drug-likeness (QED) is 0.391. The molecule has 3 aromatic heterocycles. The van der Waals surface area contributed by atoms with Gasteiger partial charge in [0.2, 0.25) is 27.7 Å². The van der Waals surface area contributed by atoms with Crippen molar-refractivity contribution in [2.45, 2.75) is 51.6 Å². The predicted octanol–water partition coefficient (Wildman–Crippen LogP) is 2.38. The molecule has 0 aromatic carbocycles. The normalized spacial score (nSPS) is 13.5. The molecule has 2 atom stereocenters. The summed E-state index contributed by atoms with van der Waals surface area (Å²) in [7, 11) is -1.18. The number of methoxy groups -OCH3 is 2. The average Bonchev–Trinajstić information content (AvgIpc) is 3.22. The molecule has 0 aliphatic rings. The van der Waals surface area contributed by atoms with Gasteiger partial charge in [-0.2, -0.15) is 9.97 Å². The minimum absolute atomic E-state index is 0.0260. The lowest BCUT2D eigenvalue weighted by Gasteiger charge is -2.21. The van der Waals surface area contributed by atoms with Crippen LogP contribution in [0.4, 0.5) is 5.95 Å². The van der Waals surface area contributed by atoms with Crippen molar-refractivity contribution in [2.24, 2.45) is 0 Å². The van der Waals surface area contributed by atoms with Crippen molar-refractivity contribution < 1.29 is 22.6 Å². The number of sulfonamides is 1. The van der Waals surface area contributed by atoms with Crippen LogP contribution in [0.5, 0.6) is 11.8 Å². The molecular weight excluding hydrogens is 500 g/mol. The summed E-state index contributed by atoms with van der Waals surface area (Å²) in [5.41, 5.74) is 0.212. The lowest BCUT2D eigenvalue weighted by molar-refractivity contribution is 0.0604. The van der Waals surface area contributed by atoms with E-state index in [1.165, 1.54) is 37.5 Å². The molecule has 35 heavy (non-hydrogen) atoms. The Labute approximate surface area is 208 Å². The zero-order valence-electron chi connectivity index (χ0n) is 20.1. The van der Waals surface area contributed by atoms with Crippen molar-refractivity contribution >= 4 is 27.6 Å². The van der Waals surface area contributed by atoms with Crippen LogP contribution in [0, 0.1) is 0 Å². The highest BCUT2D eigenvalue weighted by molar-refractivity contribution is 7.93. The van der Waals surface area contributed by atoms with Crippen molar-refractivity contribution in [2.75, 3.05) is 18.9 Å². The molecule has 0 spiro atoms. The van der Waals surface area contributed by atoms with Crippen molar-refractivity contribution in [1.29, 1.82) is 0 Å². The van der Waals surface area contributed by atoms with Gasteiger partial charge in [0.25, 0.3) is 0 Å². The lowest BCUT2D eigenvalue weighted by Crippen LogP contribution is -2.31. The van der Waals surface area contributed by atoms with Gasteiger partial charge in [0, 0.05) is 18.3 Å². The first-order chi connectivity index (χ1) is 16.6.